The second-order valence-corrected chi connectivity index (χ2v) is 4.65. The van der Waals surface area contributed by atoms with Crippen LogP contribution >= 0.6 is 11.3 Å². The lowest BCUT2D eigenvalue weighted by Gasteiger charge is -2.01. The number of hydrogen-bond acceptors (Lipinski definition) is 6. The van der Waals surface area contributed by atoms with Crippen LogP contribution in [0, 0.1) is 0 Å². The number of aliphatic hydroxyl groups is 1. The topological polar surface area (TPSA) is 101 Å². The van der Waals surface area contributed by atoms with Crippen LogP contribution in [0.5, 0.6) is 0 Å². The Hall–Kier alpha value is -1.70. The summed E-state index contributed by atoms with van der Waals surface area (Å²) in [4.78, 5) is 16.7. The van der Waals surface area contributed by atoms with Gasteiger partial charge in [-0.1, -0.05) is 6.07 Å². The second kappa shape index (κ2) is 5.76. The fraction of sp³-hybridized carbons (Fsp3) is 0.273. The maximum absolute atomic E-state index is 11.7. The standard InChI is InChI=1S/C11H13N3O3S/c12-8(5-15)11-14-9(6-17-11)10(16)13-4-7-2-1-3-18-7/h1-3,6,8,15H,4-5,12H2,(H,13,16). The number of hydrogen-bond donors (Lipinski definition) is 3. The molecule has 1 unspecified atom stereocenters. The highest BCUT2D eigenvalue weighted by molar-refractivity contribution is 7.09. The molecule has 1 amide bonds. The molecule has 96 valence electrons. The third kappa shape index (κ3) is 2.95. The molecular weight excluding hydrogens is 254 g/mol. The first-order valence-electron chi connectivity index (χ1n) is 5.33. The van der Waals surface area contributed by atoms with Crippen molar-refractivity contribution in [2.45, 2.75) is 12.6 Å². The van der Waals surface area contributed by atoms with Crippen molar-refractivity contribution in [1.29, 1.82) is 0 Å². The lowest BCUT2D eigenvalue weighted by Crippen LogP contribution is -2.23. The molecule has 0 saturated heterocycles. The van der Waals surface area contributed by atoms with E-state index in [1.54, 1.807) is 11.3 Å². The van der Waals surface area contributed by atoms with Gasteiger partial charge >= 0.3 is 0 Å². The van der Waals surface area contributed by atoms with E-state index in [1.165, 1.54) is 6.26 Å². The summed E-state index contributed by atoms with van der Waals surface area (Å²) in [7, 11) is 0. The minimum Gasteiger partial charge on any atom is -0.446 e. The van der Waals surface area contributed by atoms with Crippen LogP contribution in [0.15, 0.2) is 28.2 Å². The van der Waals surface area contributed by atoms with Gasteiger partial charge in [0, 0.05) is 4.88 Å². The predicted octanol–water partition coefficient (Wildman–Crippen LogP) is 0.658. The van der Waals surface area contributed by atoms with Crippen molar-refractivity contribution in [3.05, 3.63) is 40.2 Å². The monoisotopic (exact) mass is 267 g/mol. The Labute approximate surface area is 107 Å². The molecule has 0 fully saturated rings. The normalized spacial score (nSPS) is 12.3. The molecule has 6 nitrogen and oxygen atoms in total. The average molecular weight is 267 g/mol. The SMILES string of the molecule is NC(CO)c1nc(C(=O)NCc2cccs2)co1. The van der Waals surface area contributed by atoms with E-state index < -0.39 is 6.04 Å². The molecule has 0 spiro atoms. The van der Waals surface area contributed by atoms with Crippen molar-refractivity contribution >= 4 is 17.2 Å². The van der Waals surface area contributed by atoms with Gasteiger partial charge in [0.25, 0.3) is 5.91 Å². The van der Waals surface area contributed by atoms with E-state index in [1.807, 2.05) is 17.5 Å². The molecule has 1 atom stereocenters. The van der Waals surface area contributed by atoms with Crippen LogP contribution < -0.4 is 11.1 Å². The van der Waals surface area contributed by atoms with Crippen molar-refractivity contribution in [1.82, 2.24) is 10.3 Å². The summed E-state index contributed by atoms with van der Waals surface area (Å²) in [5.74, 6) is -0.178. The Bertz CT molecular complexity index is 509. The molecule has 0 aromatic carbocycles. The highest BCUT2D eigenvalue weighted by Gasteiger charge is 2.16. The minimum atomic E-state index is -0.705. The number of rotatable bonds is 5. The lowest BCUT2D eigenvalue weighted by molar-refractivity contribution is 0.0946. The summed E-state index contributed by atoms with van der Waals surface area (Å²) in [6.07, 6.45) is 1.23. The van der Waals surface area contributed by atoms with Gasteiger partial charge in [-0.2, -0.15) is 0 Å². The number of oxazole rings is 1. The molecule has 2 heterocycles. The average Bonchev–Trinajstić information content (AvgIpc) is 3.05. The van der Waals surface area contributed by atoms with Crippen LogP contribution in [-0.4, -0.2) is 22.6 Å². The van der Waals surface area contributed by atoms with E-state index >= 15 is 0 Å². The summed E-state index contributed by atoms with van der Waals surface area (Å²) >= 11 is 1.56. The molecule has 0 saturated carbocycles. The predicted molar refractivity (Wildman–Crippen MR) is 66.0 cm³/mol. The number of carbonyl (C=O) groups is 1. The van der Waals surface area contributed by atoms with Crippen LogP contribution in [-0.2, 0) is 6.54 Å². The van der Waals surface area contributed by atoms with Crippen LogP contribution in [0.3, 0.4) is 0 Å². The van der Waals surface area contributed by atoms with Crippen molar-refractivity contribution in [3.8, 4) is 0 Å². The van der Waals surface area contributed by atoms with E-state index in [4.69, 9.17) is 15.3 Å². The fourth-order valence-electron chi connectivity index (χ4n) is 1.31. The first-order chi connectivity index (χ1) is 8.70. The van der Waals surface area contributed by atoms with Crippen LogP contribution in [0.25, 0.3) is 0 Å². The van der Waals surface area contributed by atoms with Crippen molar-refractivity contribution in [3.63, 3.8) is 0 Å². The summed E-state index contributed by atoms with van der Waals surface area (Å²) in [5, 5.41) is 13.5. The molecule has 2 aromatic heterocycles. The second-order valence-electron chi connectivity index (χ2n) is 3.62. The van der Waals surface area contributed by atoms with Gasteiger partial charge in [0.05, 0.1) is 13.2 Å². The number of thiophene rings is 1. The summed E-state index contributed by atoms with van der Waals surface area (Å²) in [5.41, 5.74) is 5.68. The van der Waals surface area contributed by atoms with Gasteiger partial charge in [0.15, 0.2) is 5.69 Å². The lowest BCUT2D eigenvalue weighted by atomic mass is 10.3. The molecule has 0 aliphatic carbocycles. The molecule has 7 heteroatoms. The third-order valence-corrected chi connectivity index (χ3v) is 3.15. The first kappa shape index (κ1) is 12.7. The van der Waals surface area contributed by atoms with E-state index in [0.29, 0.717) is 6.54 Å². The van der Waals surface area contributed by atoms with Crippen LogP contribution in [0.2, 0.25) is 0 Å². The number of nitrogens with two attached hydrogens (primary N) is 1. The Morgan fingerprint density at radius 1 is 1.67 bits per heavy atom. The quantitative estimate of drug-likeness (QED) is 0.738. The molecule has 2 rings (SSSR count). The van der Waals surface area contributed by atoms with Gasteiger partial charge in [0.1, 0.15) is 12.3 Å². The molecule has 0 aliphatic heterocycles. The number of amides is 1. The van der Waals surface area contributed by atoms with Gasteiger partial charge in [-0.3, -0.25) is 4.79 Å². The molecule has 4 N–H and O–H groups in total. The molecule has 0 bridgehead atoms. The summed E-state index contributed by atoms with van der Waals surface area (Å²) in [6, 6.07) is 3.14. The van der Waals surface area contributed by atoms with Crippen molar-refractivity contribution in [2.75, 3.05) is 6.61 Å². The molecule has 18 heavy (non-hydrogen) atoms. The van der Waals surface area contributed by atoms with Crippen molar-refractivity contribution in [2.24, 2.45) is 5.73 Å². The Morgan fingerprint density at radius 3 is 3.17 bits per heavy atom. The molecule has 0 aliphatic rings. The summed E-state index contributed by atoms with van der Waals surface area (Å²) < 4.78 is 5.02. The molecule has 0 radical (unpaired) electrons. The Morgan fingerprint density at radius 2 is 2.50 bits per heavy atom. The maximum atomic E-state index is 11.7. The molecular formula is C11H13N3O3S. The zero-order chi connectivity index (χ0) is 13.0. The highest BCUT2D eigenvalue weighted by atomic mass is 32.1. The van der Waals surface area contributed by atoms with E-state index in [9.17, 15) is 4.79 Å². The van der Waals surface area contributed by atoms with Crippen LogP contribution in [0.1, 0.15) is 27.3 Å². The fourth-order valence-corrected chi connectivity index (χ4v) is 1.96. The zero-order valence-electron chi connectivity index (χ0n) is 9.50. The summed E-state index contributed by atoms with van der Waals surface area (Å²) in [6.45, 7) is 0.168. The number of aliphatic hydroxyl groups excluding tert-OH is 1. The van der Waals surface area contributed by atoms with Gasteiger partial charge in [-0.05, 0) is 11.4 Å². The largest absolute Gasteiger partial charge is 0.446 e. The van der Waals surface area contributed by atoms with Crippen molar-refractivity contribution < 1.29 is 14.3 Å². The third-order valence-electron chi connectivity index (χ3n) is 2.27. The number of nitrogens with one attached hydrogen (secondary N) is 1. The number of nitrogens with zero attached hydrogens (tertiary/aromatic N) is 1. The Balaban J connectivity index is 1.94. The molecule has 2 aromatic rings. The van der Waals surface area contributed by atoms with Gasteiger partial charge in [-0.25, -0.2) is 4.98 Å². The van der Waals surface area contributed by atoms with Gasteiger partial charge < -0.3 is 20.6 Å². The van der Waals surface area contributed by atoms with Crippen LogP contribution in [0.4, 0.5) is 0 Å². The minimum absolute atomic E-state index is 0.152. The smallest absolute Gasteiger partial charge is 0.273 e. The first-order valence-corrected chi connectivity index (χ1v) is 6.21. The van der Waals surface area contributed by atoms with E-state index in [-0.39, 0.29) is 24.1 Å². The highest BCUT2D eigenvalue weighted by Crippen LogP contribution is 2.10. The van der Waals surface area contributed by atoms with E-state index in [0.717, 1.165) is 4.88 Å². The number of aromatic nitrogens is 1. The number of carbonyl (C=O) groups excluding carboxylic acids is 1. The zero-order valence-corrected chi connectivity index (χ0v) is 10.3. The van der Waals surface area contributed by atoms with Gasteiger partial charge in [-0.15, -0.1) is 11.3 Å². The Kier molecular flexibility index (Phi) is 4.08. The van der Waals surface area contributed by atoms with E-state index in [2.05, 4.69) is 10.3 Å². The maximum Gasteiger partial charge on any atom is 0.273 e. The van der Waals surface area contributed by atoms with Gasteiger partial charge in [0.2, 0.25) is 5.89 Å².